The molecular formula is C25H26N4O3. The van der Waals surface area contributed by atoms with Crippen LogP contribution in [0.3, 0.4) is 0 Å². The zero-order valence-electron chi connectivity index (χ0n) is 18.5. The molecule has 0 saturated carbocycles. The van der Waals surface area contributed by atoms with Gasteiger partial charge >= 0.3 is 0 Å². The molecule has 2 heterocycles. The van der Waals surface area contributed by atoms with E-state index in [1.54, 1.807) is 20.5 Å². The second kappa shape index (κ2) is 9.51. The van der Waals surface area contributed by atoms with Crippen molar-refractivity contribution in [1.29, 1.82) is 0 Å². The molecule has 0 fully saturated rings. The van der Waals surface area contributed by atoms with E-state index in [0.29, 0.717) is 24.5 Å². The number of carbonyl (C=O) groups is 1. The van der Waals surface area contributed by atoms with E-state index in [9.17, 15) is 4.79 Å². The van der Waals surface area contributed by atoms with E-state index in [4.69, 9.17) is 9.47 Å². The van der Waals surface area contributed by atoms with Gasteiger partial charge in [-0.3, -0.25) is 0 Å². The molecular weight excluding hydrogens is 404 g/mol. The first kappa shape index (κ1) is 21.4. The van der Waals surface area contributed by atoms with Gasteiger partial charge in [-0.2, -0.15) is 0 Å². The van der Waals surface area contributed by atoms with Crippen LogP contribution >= 0.6 is 0 Å². The highest BCUT2D eigenvalue weighted by molar-refractivity contribution is 5.91. The van der Waals surface area contributed by atoms with Crippen LogP contribution in [0, 0.1) is 0 Å². The first-order valence-electron chi connectivity index (χ1n) is 10.4. The summed E-state index contributed by atoms with van der Waals surface area (Å²) >= 11 is 0. The molecule has 0 radical (unpaired) electrons. The molecule has 0 spiro atoms. The maximum Gasteiger partial charge on any atom is 0.161 e. The lowest BCUT2D eigenvalue weighted by molar-refractivity contribution is -0.107. The molecule has 7 nitrogen and oxygen atoms in total. The first-order valence-corrected chi connectivity index (χ1v) is 10.4. The Kier molecular flexibility index (Phi) is 6.35. The number of hydrogen-bond acceptors (Lipinski definition) is 6. The minimum Gasteiger partial charge on any atom is -0.493 e. The number of methoxy groups -OCH3 is 2. The molecule has 7 heteroatoms. The van der Waals surface area contributed by atoms with Crippen LogP contribution in [0.4, 0.5) is 5.82 Å². The van der Waals surface area contributed by atoms with Crippen molar-refractivity contribution in [2.24, 2.45) is 0 Å². The molecule has 0 saturated heterocycles. The number of fused-ring (bicyclic) bond motifs is 1. The SMILES string of the molecule is COc1ccc(CN(C)c2ncnc3[nH]c(-c4ccc(CCC=O)cc4)cc23)cc1OC. The standard InChI is InChI=1S/C25H26N4O3/c1-29(15-18-8-11-22(31-2)23(13-18)32-3)25-20-14-21(28-24(20)26-16-27-25)19-9-6-17(7-10-19)5-4-12-30/h6-14,16H,4-5,15H2,1-3H3,(H,26,27,28). The summed E-state index contributed by atoms with van der Waals surface area (Å²) in [4.78, 5) is 25.0. The Balaban J connectivity index is 1.60. The van der Waals surface area contributed by atoms with Gasteiger partial charge in [0.05, 0.1) is 19.6 Å². The first-order chi connectivity index (χ1) is 15.6. The third kappa shape index (κ3) is 4.42. The molecule has 0 amide bonds. The maximum atomic E-state index is 10.6. The van der Waals surface area contributed by atoms with Gasteiger partial charge in [-0.05, 0) is 41.3 Å². The molecule has 0 atom stereocenters. The fourth-order valence-corrected chi connectivity index (χ4v) is 3.79. The van der Waals surface area contributed by atoms with Crippen molar-refractivity contribution < 1.29 is 14.3 Å². The van der Waals surface area contributed by atoms with Gasteiger partial charge in [-0.25, -0.2) is 9.97 Å². The number of rotatable bonds is 9. The van der Waals surface area contributed by atoms with Crippen molar-refractivity contribution in [3.8, 4) is 22.8 Å². The van der Waals surface area contributed by atoms with Crippen LogP contribution in [0.2, 0.25) is 0 Å². The number of carbonyl (C=O) groups excluding carboxylic acids is 1. The van der Waals surface area contributed by atoms with Crippen LogP contribution in [0.1, 0.15) is 17.5 Å². The third-order valence-corrected chi connectivity index (χ3v) is 5.45. The number of anilines is 1. The Morgan fingerprint density at radius 1 is 0.969 bits per heavy atom. The minimum absolute atomic E-state index is 0.539. The molecule has 0 bridgehead atoms. The number of hydrogen-bond donors (Lipinski definition) is 1. The van der Waals surface area contributed by atoms with E-state index in [0.717, 1.165) is 51.9 Å². The smallest absolute Gasteiger partial charge is 0.161 e. The number of aldehydes is 1. The van der Waals surface area contributed by atoms with Gasteiger partial charge in [-0.1, -0.05) is 30.3 Å². The number of aromatic nitrogens is 3. The lowest BCUT2D eigenvalue weighted by Crippen LogP contribution is -2.18. The fourth-order valence-electron chi connectivity index (χ4n) is 3.79. The van der Waals surface area contributed by atoms with Gasteiger partial charge < -0.3 is 24.2 Å². The van der Waals surface area contributed by atoms with Crippen LogP contribution in [0.5, 0.6) is 11.5 Å². The van der Waals surface area contributed by atoms with Gasteiger partial charge in [0, 0.05) is 25.7 Å². The number of ether oxygens (including phenoxy) is 2. The Hall–Kier alpha value is -3.87. The lowest BCUT2D eigenvalue weighted by Gasteiger charge is -2.19. The van der Waals surface area contributed by atoms with Crippen LogP contribution < -0.4 is 14.4 Å². The predicted molar refractivity (Wildman–Crippen MR) is 125 cm³/mol. The van der Waals surface area contributed by atoms with Crippen LogP contribution in [0.25, 0.3) is 22.3 Å². The topological polar surface area (TPSA) is 80.3 Å². The van der Waals surface area contributed by atoms with E-state index in [2.05, 4.69) is 50.2 Å². The largest absolute Gasteiger partial charge is 0.493 e. The molecule has 4 aromatic rings. The van der Waals surface area contributed by atoms with E-state index in [1.165, 1.54) is 0 Å². The Labute approximate surface area is 187 Å². The molecule has 164 valence electrons. The molecule has 0 aliphatic carbocycles. The zero-order valence-corrected chi connectivity index (χ0v) is 18.5. The van der Waals surface area contributed by atoms with E-state index in [-0.39, 0.29) is 0 Å². The highest BCUT2D eigenvalue weighted by Gasteiger charge is 2.14. The summed E-state index contributed by atoms with van der Waals surface area (Å²) in [6, 6.07) is 16.2. The molecule has 2 aromatic carbocycles. The molecule has 2 aromatic heterocycles. The highest BCUT2D eigenvalue weighted by atomic mass is 16.5. The second-order valence-electron chi connectivity index (χ2n) is 7.59. The van der Waals surface area contributed by atoms with Crippen LogP contribution in [0.15, 0.2) is 54.9 Å². The van der Waals surface area contributed by atoms with Crippen molar-refractivity contribution in [2.75, 3.05) is 26.2 Å². The Bertz CT molecular complexity index is 1220. The number of aromatic amines is 1. The normalized spacial score (nSPS) is 10.8. The molecule has 4 rings (SSSR count). The summed E-state index contributed by atoms with van der Waals surface area (Å²) in [5, 5.41) is 0.954. The number of nitrogens with one attached hydrogen (secondary N) is 1. The summed E-state index contributed by atoms with van der Waals surface area (Å²) in [7, 11) is 5.27. The Morgan fingerprint density at radius 3 is 2.44 bits per heavy atom. The predicted octanol–water partition coefficient (Wildman–Crippen LogP) is 4.41. The van der Waals surface area contributed by atoms with Gasteiger partial charge in [0.2, 0.25) is 0 Å². The average Bonchev–Trinajstić information content (AvgIpc) is 3.27. The molecule has 0 unspecified atom stereocenters. The van der Waals surface area contributed by atoms with E-state index in [1.807, 2.05) is 25.2 Å². The van der Waals surface area contributed by atoms with Crippen molar-refractivity contribution in [2.45, 2.75) is 19.4 Å². The molecule has 1 N–H and O–H groups in total. The lowest BCUT2D eigenvalue weighted by atomic mass is 10.1. The van der Waals surface area contributed by atoms with Crippen LogP contribution in [-0.4, -0.2) is 42.5 Å². The fraction of sp³-hybridized carbons (Fsp3) is 0.240. The van der Waals surface area contributed by atoms with Crippen molar-refractivity contribution in [3.63, 3.8) is 0 Å². The van der Waals surface area contributed by atoms with Crippen molar-refractivity contribution in [1.82, 2.24) is 15.0 Å². The van der Waals surface area contributed by atoms with Gasteiger partial charge in [0.1, 0.15) is 24.1 Å². The molecule has 0 aliphatic rings. The van der Waals surface area contributed by atoms with Crippen molar-refractivity contribution >= 4 is 23.1 Å². The summed E-state index contributed by atoms with van der Waals surface area (Å²) < 4.78 is 10.8. The summed E-state index contributed by atoms with van der Waals surface area (Å²) in [6.07, 6.45) is 3.82. The minimum atomic E-state index is 0.539. The maximum absolute atomic E-state index is 10.6. The summed E-state index contributed by atoms with van der Waals surface area (Å²) in [5.41, 5.74) is 5.05. The van der Waals surface area contributed by atoms with E-state index >= 15 is 0 Å². The second-order valence-corrected chi connectivity index (χ2v) is 7.59. The van der Waals surface area contributed by atoms with Gasteiger partial charge in [0.15, 0.2) is 11.5 Å². The van der Waals surface area contributed by atoms with Gasteiger partial charge in [0.25, 0.3) is 0 Å². The quantitative estimate of drug-likeness (QED) is 0.396. The zero-order chi connectivity index (χ0) is 22.5. The number of H-pyrrole nitrogens is 1. The number of nitrogens with zero attached hydrogens (tertiary/aromatic N) is 3. The summed E-state index contributed by atoms with van der Waals surface area (Å²) in [5.74, 6) is 2.25. The summed E-state index contributed by atoms with van der Waals surface area (Å²) in [6.45, 7) is 0.651. The van der Waals surface area contributed by atoms with Crippen molar-refractivity contribution in [3.05, 3.63) is 66.0 Å². The average molecular weight is 431 g/mol. The van der Waals surface area contributed by atoms with Gasteiger partial charge in [-0.15, -0.1) is 0 Å². The highest BCUT2D eigenvalue weighted by Crippen LogP contribution is 2.31. The number of aryl methyl sites for hydroxylation is 1. The third-order valence-electron chi connectivity index (χ3n) is 5.45. The Morgan fingerprint density at radius 2 is 1.72 bits per heavy atom. The molecule has 32 heavy (non-hydrogen) atoms. The number of benzene rings is 2. The van der Waals surface area contributed by atoms with E-state index < -0.39 is 0 Å². The molecule has 0 aliphatic heterocycles. The van der Waals surface area contributed by atoms with Crippen LogP contribution in [-0.2, 0) is 17.8 Å². The monoisotopic (exact) mass is 430 g/mol.